The van der Waals surface area contributed by atoms with Crippen LogP contribution in [0.3, 0.4) is 0 Å². The summed E-state index contributed by atoms with van der Waals surface area (Å²) >= 11 is 0. The van der Waals surface area contributed by atoms with E-state index in [1.54, 1.807) is 25.6 Å². The summed E-state index contributed by atoms with van der Waals surface area (Å²) in [5.41, 5.74) is 1.67. The molecule has 23 heavy (non-hydrogen) atoms. The average Bonchev–Trinajstić information content (AvgIpc) is 2.62. The quantitative estimate of drug-likeness (QED) is 0.864. The Hall–Kier alpha value is -2.63. The van der Waals surface area contributed by atoms with E-state index < -0.39 is 0 Å². The van der Waals surface area contributed by atoms with Crippen LogP contribution >= 0.6 is 0 Å². The van der Waals surface area contributed by atoms with Gasteiger partial charge in [-0.15, -0.1) is 0 Å². The van der Waals surface area contributed by atoms with Crippen molar-refractivity contribution in [2.24, 2.45) is 0 Å². The van der Waals surface area contributed by atoms with Crippen LogP contribution in [0.2, 0.25) is 0 Å². The normalized spacial score (nSPS) is 14.7. The highest BCUT2D eigenvalue weighted by Crippen LogP contribution is 2.20. The topological polar surface area (TPSA) is 58.6 Å². The Kier molecular flexibility index (Phi) is 4.41. The van der Waals surface area contributed by atoms with Gasteiger partial charge in [0.05, 0.1) is 7.11 Å². The fraction of sp³-hybridized carbons (Fsp3) is 0.353. The van der Waals surface area contributed by atoms with E-state index in [1.807, 2.05) is 30.0 Å². The van der Waals surface area contributed by atoms with Crippen molar-refractivity contribution < 1.29 is 9.53 Å². The van der Waals surface area contributed by atoms with Gasteiger partial charge in [0.2, 0.25) is 5.95 Å². The molecule has 0 atom stereocenters. The van der Waals surface area contributed by atoms with Gasteiger partial charge in [0.25, 0.3) is 5.91 Å². The molecule has 1 saturated heterocycles. The number of rotatable bonds is 3. The lowest BCUT2D eigenvalue weighted by Gasteiger charge is -2.34. The molecule has 1 aromatic heterocycles. The summed E-state index contributed by atoms with van der Waals surface area (Å²) in [5.74, 6) is 1.58. The maximum absolute atomic E-state index is 12.6. The Morgan fingerprint density at radius 3 is 2.43 bits per heavy atom. The molecule has 1 aromatic carbocycles. The van der Waals surface area contributed by atoms with E-state index in [0.717, 1.165) is 30.4 Å². The summed E-state index contributed by atoms with van der Waals surface area (Å²) in [5, 5.41) is 0. The number of piperazine rings is 1. The first-order valence-corrected chi connectivity index (χ1v) is 7.65. The number of aryl methyl sites for hydroxylation is 1. The summed E-state index contributed by atoms with van der Waals surface area (Å²) in [6, 6.07) is 7.35. The van der Waals surface area contributed by atoms with E-state index >= 15 is 0 Å². The number of carbonyl (C=O) groups excluding carboxylic acids is 1. The molecule has 6 nitrogen and oxygen atoms in total. The summed E-state index contributed by atoms with van der Waals surface area (Å²) in [7, 11) is 1.63. The van der Waals surface area contributed by atoms with Crippen molar-refractivity contribution in [1.29, 1.82) is 0 Å². The lowest BCUT2D eigenvalue weighted by molar-refractivity contribution is 0.0746. The van der Waals surface area contributed by atoms with Crippen molar-refractivity contribution >= 4 is 11.9 Å². The van der Waals surface area contributed by atoms with Crippen LogP contribution in [-0.4, -0.2) is 54.1 Å². The maximum atomic E-state index is 12.6. The number of hydrogen-bond donors (Lipinski definition) is 0. The van der Waals surface area contributed by atoms with E-state index in [0.29, 0.717) is 18.7 Å². The molecule has 1 fully saturated rings. The molecule has 2 heterocycles. The van der Waals surface area contributed by atoms with Crippen molar-refractivity contribution in [3.63, 3.8) is 0 Å². The number of benzene rings is 1. The van der Waals surface area contributed by atoms with Crippen LogP contribution in [0.4, 0.5) is 5.95 Å². The van der Waals surface area contributed by atoms with Crippen LogP contribution in [0.15, 0.2) is 36.7 Å². The lowest BCUT2D eigenvalue weighted by Crippen LogP contribution is -2.49. The minimum absolute atomic E-state index is 0.0596. The minimum atomic E-state index is 0.0596. The molecular weight excluding hydrogens is 292 g/mol. The van der Waals surface area contributed by atoms with Crippen molar-refractivity contribution in [3.05, 3.63) is 47.8 Å². The molecule has 120 valence electrons. The zero-order valence-corrected chi connectivity index (χ0v) is 13.4. The first kappa shape index (κ1) is 15.3. The van der Waals surface area contributed by atoms with Crippen LogP contribution in [0.25, 0.3) is 0 Å². The van der Waals surface area contributed by atoms with Gasteiger partial charge in [-0.1, -0.05) is 0 Å². The Labute approximate surface area is 135 Å². The van der Waals surface area contributed by atoms with E-state index in [-0.39, 0.29) is 5.91 Å². The Morgan fingerprint density at radius 2 is 1.83 bits per heavy atom. The van der Waals surface area contributed by atoms with E-state index in [2.05, 4.69) is 14.9 Å². The van der Waals surface area contributed by atoms with Gasteiger partial charge in [0.15, 0.2) is 0 Å². The number of aromatic nitrogens is 2. The van der Waals surface area contributed by atoms with Crippen molar-refractivity contribution in [2.45, 2.75) is 6.92 Å². The molecule has 0 aliphatic carbocycles. The standard InChI is InChI=1S/C17H20N4O2/c1-13-12-14(4-5-15(13)23-2)16(22)20-8-10-21(11-9-20)17-18-6-3-7-19-17/h3-7,12H,8-11H2,1-2H3. The monoisotopic (exact) mass is 312 g/mol. The second kappa shape index (κ2) is 6.64. The second-order valence-corrected chi connectivity index (χ2v) is 5.51. The number of amides is 1. The predicted octanol–water partition coefficient (Wildman–Crippen LogP) is 1.76. The van der Waals surface area contributed by atoms with Crippen LogP contribution in [0, 0.1) is 6.92 Å². The Bertz CT molecular complexity index is 682. The van der Waals surface area contributed by atoms with Crippen molar-refractivity contribution in [2.75, 3.05) is 38.2 Å². The smallest absolute Gasteiger partial charge is 0.253 e. The number of nitrogens with zero attached hydrogens (tertiary/aromatic N) is 4. The summed E-state index contributed by atoms with van der Waals surface area (Å²) in [6.45, 7) is 4.76. The first-order chi connectivity index (χ1) is 11.2. The van der Waals surface area contributed by atoms with Gasteiger partial charge in [0.1, 0.15) is 5.75 Å². The van der Waals surface area contributed by atoms with Gasteiger partial charge in [-0.05, 0) is 36.8 Å². The molecule has 0 spiro atoms. The van der Waals surface area contributed by atoms with Gasteiger partial charge in [-0.3, -0.25) is 4.79 Å². The van der Waals surface area contributed by atoms with Crippen LogP contribution < -0.4 is 9.64 Å². The second-order valence-electron chi connectivity index (χ2n) is 5.51. The lowest BCUT2D eigenvalue weighted by atomic mass is 10.1. The number of hydrogen-bond acceptors (Lipinski definition) is 5. The highest BCUT2D eigenvalue weighted by molar-refractivity contribution is 5.94. The van der Waals surface area contributed by atoms with Gasteiger partial charge in [0, 0.05) is 44.1 Å². The Morgan fingerprint density at radius 1 is 1.13 bits per heavy atom. The summed E-state index contributed by atoms with van der Waals surface area (Å²) < 4.78 is 5.24. The molecule has 0 saturated carbocycles. The highest BCUT2D eigenvalue weighted by atomic mass is 16.5. The number of methoxy groups -OCH3 is 1. The SMILES string of the molecule is COc1ccc(C(=O)N2CCN(c3ncccn3)CC2)cc1C. The van der Waals surface area contributed by atoms with Crippen molar-refractivity contribution in [1.82, 2.24) is 14.9 Å². The molecule has 0 unspecified atom stereocenters. The minimum Gasteiger partial charge on any atom is -0.496 e. The fourth-order valence-corrected chi connectivity index (χ4v) is 2.76. The molecule has 3 rings (SSSR count). The van der Waals surface area contributed by atoms with Crippen molar-refractivity contribution in [3.8, 4) is 5.75 Å². The maximum Gasteiger partial charge on any atom is 0.253 e. The van der Waals surface area contributed by atoms with Crippen LogP contribution in [0.1, 0.15) is 15.9 Å². The molecule has 1 aliphatic rings. The molecule has 0 N–H and O–H groups in total. The van der Waals surface area contributed by atoms with Crippen LogP contribution in [0.5, 0.6) is 5.75 Å². The molecule has 0 radical (unpaired) electrons. The number of anilines is 1. The molecular formula is C17H20N4O2. The third-order valence-electron chi connectivity index (χ3n) is 4.04. The summed E-state index contributed by atoms with van der Waals surface area (Å²) in [6.07, 6.45) is 3.47. The average molecular weight is 312 g/mol. The molecule has 2 aromatic rings. The highest BCUT2D eigenvalue weighted by Gasteiger charge is 2.23. The molecule has 1 aliphatic heterocycles. The predicted molar refractivity (Wildman–Crippen MR) is 87.9 cm³/mol. The third kappa shape index (κ3) is 3.26. The molecule has 0 bridgehead atoms. The fourth-order valence-electron chi connectivity index (χ4n) is 2.76. The molecule has 6 heteroatoms. The van der Waals surface area contributed by atoms with E-state index in [1.165, 1.54) is 0 Å². The van der Waals surface area contributed by atoms with E-state index in [9.17, 15) is 4.79 Å². The van der Waals surface area contributed by atoms with Crippen LogP contribution in [-0.2, 0) is 0 Å². The van der Waals surface area contributed by atoms with Gasteiger partial charge in [-0.25, -0.2) is 9.97 Å². The van der Waals surface area contributed by atoms with E-state index in [4.69, 9.17) is 4.74 Å². The Balaban J connectivity index is 1.65. The first-order valence-electron chi connectivity index (χ1n) is 7.65. The number of carbonyl (C=O) groups is 1. The zero-order valence-electron chi connectivity index (χ0n) is 13.4. The van der Waals surface area contributed by atoms with Gasteiger partial charge >= 0.3 is 0 Å². The third-order valence-corrected chi connectivity index (χ3v) is 4.04. The zero-order chi connectivity index (χ0) is 16.2. The van der Waals surface area contributed by atoms with Gasteiger partial charge < -0.3 is 14.5 Å². The van der Waals surface area contributed by atoms with Gasteiger partial charge in [-0.2, -0.15) is 0 Å². The largest absolute Gasteiger partial charge is 0.496 e. The number of ether oxygens (including phenoxy) is 1. The molecule has 1 amide bonds. The summed E-state index contributed by atoms with van der Waals surface area (Å²) in [4.78, 5) is 25.1.